The molecule has 29 heavy (non-hydrogen) atoms. The molecule has 0 bridgehead atoms. The molecule has 0 saturated carbocycles. The first-order valence-corrected chi connectivity index (χ1v) is 10.1. The molecule has 0 amide bonds. The van der Waals surface area contributed by atoms with Gasteiger partial charge in [-0.25, -0.2) is 14.0 Å². The molecule has 3 aromatic rings. The lowest BCUT2D eigenvalue weighted by molar-refractivity contribution is 0.0696. The molecule has 0 fully saturated rings. The minimum atomic E-state index is -1.22. The van der Waals surface area contributed by atoms with Crippen molar-refractivity contribution in [1.29, 1.82) is 0 Å². The number of halogens is 1. The van der Waals surface area contributed by atoms with Crippen molar-refractivity contribution >= 4 is 17.0 Å². The summed E-state index contributed by atoms with van der Waals surface area (Å²) in [6.45, 7) is 4.86. The van der Waals surface area contributed by atoms with Crippen LogP contribution in [0.5, 0.6) is 0 Å². The van der Waals surface area contributed by atoms with E-state index >= 15 is 0 Å². The maximum atomic E-state index is 14.7. The third kappa shape index (κ3) is 4.23. The van der Waals surface area contributed by atoms with E-state index in [0.717, 1.165) is 38.2 Å². The highest BCUT2D eigenvalue weighted by molar-refractivity contribution is 5.88. The number of aromatic carboxylic acids is 1. The quantitative estimate of drug-likeness (QED) is 0.569. The molecule has 7 heteroatoms. The summed E-state index contributed by atoms with van der Waals surface area (Å²) in [4.78, 5) is 28.4. The van der Waals surface area contributed by atoms with Crippen LogP contribution in [0.3, 0.4) is 0 Å². The lowest BCUT2D eigenvalue weighted by atomic mass is 9.95. The van der Waals surface area contributed by atoms with Gasteiger partial charge in [-0.05, 0) is 36.6 Å². The maximum Gasteiger partial charge on any atom is 0.335 e. The van der Waals surface area contributed by atoms with Gasteiger partial charge in [0.15, 0.2) is 0 Å². The normalized spacial score (nSPS) is 11.4. The second-order valence-corrected chi connectivity index (χ2v) is 7.34. The molecule has 0 aliphatic heterocycles. The van der Waals surface area contributed by atoms with Gasteiger partial charge >= 0.3 is 11.7 Å². The fourth-order valence-corrected chi connectivity index (χ4v) is 3.93. The zero-order valence-electron chi connectivity index (χ0n) is 16.8. The van der Waals surface area contributed by atoms with Crippen LogP contribution in [-0.4, -0.2) is 25.2 Å². The van der Waals surface area contributed by atoms with Crippen LogP contribution in [0.15, 0.2) is 41.5 Å². The van der Waals surface area contributed by atoms with Gasteiger partial charge in [0.2, 0.25) is 0 Å². The number of pyridine rings is 1. The number of aryl methyl sites for hydroxylation is 1. The van der Waals surface area contributed by atoms with E-state index in [-0.39, 0.29) is 16.9 Å². The third-order valence-electron chi connectivity index (χ3n) is 5.32. The molecule has 0 unspecified atom stereocenters. The Bertz CT molecular complexity index is 1060. The van der Waals surface area contributed by atoms with Crippen molar-refractivity contribution in [1.82, 2.24) is 14.1 Å². The first-order valence-electron chi connectivity index (χ1n) is 10.1. The van der Waals surface area contributed by atoms with Gasteiger partial charge in [-0.2, -0.15) is 0 Å². The summed E-state index contributed by atoms with van der Waals surface area (Å²) in [5.74, 6) is -1.43. The molecular weight excluding hydrogens is 373 g/mol. The zero-order valence-corrected chi connectivity index (χ0v) is 16.8. The first-order chi connectivity index (χ1) is 14.0. The van der Waals surface area contributed by atoms with Gasteiger partial charge in [-0.15, -0.1) is 0 Å². The second-order valence-electron chi connectivity index (χ2n) is 7.34. The molecule has 1 N–H and O–H groups in total. The van der Waals surface area contributed by atoms with Crippen molar-refractivity contribution in [2.24, 2.45) is 5.92 Å². The number of benzene rings is 1. The highest BCUT2D eigenvalue weighted by Gasteiger charge is 2.19. The molecule has 0 saturated heterocycles. The van der Waals surface area contributed by atoms with Crippen molar-refractivity contribution in [3.05, 3.63) is 58.5 Å². The van der Waals surface area contributed by atoms with Crippen molar-refractivity contribution in [3.63, 3.8) is 0 Å². The molecule has 0 radical (unpaired) electrons. The van der Waals surface area contributed by atoms with Crippen molar-refractivity contribution in [2.45, 2.75) is 52.5 Å². The number of carboxylic acids is 1. The average Bonchev–Trinajstić information content (AvgIpc) is 2.98. The van der Waals surface area contributed by atoms with E-state index in [9.17, 15) is 14.0 Å². The van der Waals surface area contributed by atoms with Gasteiger partial charge < -0.3 is 5.11 Å². The smallest absolute Gasteiger partial charge is 0.335 e. The number of fused-ring (bicyclic) bond motifs is 1. The largest absolute Gasteiger partial charge is 0.478 e. The predicted molar refractivity (Wildman–Crippen MR) is 110 cm³/mol. The van der Waals surface area contributed by atoms with E-state index in [4.69, 9.17) is 5.11 Å². The van der Waals surface area contributed by atoms with Crippen molar-refractivity contribution in [3.8, 4) is 5.69 Å². The predicted octanol–water partition coefficient (Wildman–Crippen LogP) is 4.63. The Labute approximate surface area is 168 Å². The molecular formula is C22H26FN3O3. The first kappa shape index (κ1) is 20.8. The molecule has 0 aliphatic carbocycles. The number of hydrogen-bond donors (Lipinski definition) is 1. The fourth-order valence-electron chi connectivity index (χ4n) is 3.93. The van der Waals surface area contributed by atoms with Gasteiger partial charge in [0.1, 0.15) is 5.82 Å². The summed E-state index contributed by atoms with van der Waals surface area (Å²) >= 11 is 0. The number of carboxylic acid groups (broad SMARTS) is 1. The average molecular weight is 399 g/mol. The summed E-state index contributed by atoms with van der Waals surface area (Å²) in [7, 11) is 0. The summed E-state index contributed by atoms with van der Waals surface area (Å²) < 4.78 is 17.6. The molecule has 2 aromatic heterocycles. The minimum Gasteiger partial charge on any atom is -0.478 e. The number of nitrogens with zero attached hydrogens (tertiary/aromatic N) is 3. The van der Waals surface area contributed by atoms with Crippen LogP contribution in [0, 0.1) is 11.7 Å². The van der Waals surface area contributed by atoms with Crippen LogP contribution in [0.2, 0.25) is 0 Å². The van der Waals surface area contributed by atoms with Gasteiger partial charge in [0.05, 0.1) is 28.5 Å². The van der Waals surface area contributed by atoms with Crippen LogP contribution in [0.25, 0.3) is 16.7 Å². The van der Waals surface area contributed by atoms with E-state index in [1.54, 1.807) is 23.0 Å². The molecule has 3 rings (SSSR count). The summed E-state index contributed by atoms with van der Waals surface area (Å²) in [5, 5.41) is 9.06. The second kappa shape index (κ2) is 9.03. The maximum absolute atomic E-state index is 14.7. The van der Waals surface area contributed by atoms with Gasteiger partial charge in [0, 0.05) is 12.7 Å². The highest BCUT2D eigenvalue weighted by atomic mass is 19.1. The number of aromatic nitrogens is 3. The van der Waals surface area contributed by atoms with E-state index in [1.165, 1.54) is 16.7 Å². The Morgan fingerprint density at radius 1 is 1.14 bits per heavy atom. The van der Waals surface area contributed by atoms with E-state index in [0.29, 0.717) is 23.5 Å². The molecule has 0 spiro atoms. The van der Waals surface area contributed by atoms with Crippen LogP contribution in [0.4, 0.5) is 4.39 Å². The van der Waals surface area contributed by atoms with Gasteiger partial charge in [-0.3, -0.25) is 14.1 Å². The summed E-state index contributed by atoms with van der Waals surface area (Å²) in [6.07, 6.45) is 8.48. The number of hydrogen-bond acceptors (Lipinski definition) is 3. The molecule has 2 heterocycles. The van der Waals surface area contributed by atoms with Crippen molar-refractivity contribution < 1.29 is 14.3 Å². The number of rotatable bonds is 9. The van der Waals surface area contributed by atoms with Crippen LogP contribution in [-0.2, 0) is 6.54 Å². The topological polar surface area (TPSA) is 77.1 Å². The monoisotopic (exact) mass is 399 g/mol. The van der Waals surface area contributed by atoms with E-state index in [2.05, 4.69) is 18.8 Å². The van der Waals surface area contributed by atoms with E-state index < -0.39 is 11.8 Å². The Kier molecular flexibility index (Phi) is 6.46. The Morgan fingerprint density at radius 3 is 2.48 bits per heavy atom. The molecule has 154 valence electrons. The Balaban J connectivity index is 2.05. The molecule has 0 atom stereocenters. The van der Waals surface area contributed by atoms with E-state index in [1.807, 2.05) is 0 Å². The Morgan fingerprint density at radius 2 is 1.86 bits per heavy atom. The number of imidazole rings is 1. The summed E-state index contributed by atoms with van der Waals surface area (Å²) in [6, 6.07) is 5.25. The van der Waals surface area contributed by atoms with Crippen molar-refractivity contribution in [2.75, 3.05) is 0 Å². The zero-order chi connectivity index (χ0) is 21.0. The molecule has 1 aromatic carbocycles. The van der Waals surface area contributed by atoms with Crippen LogP contribution >= 0.6 is 0 Å². The molecule has 6 nitrogen and oxygen atoms in total. The summed E-state index contributed by atoms with van der Waals surface area (Å²) in [5.41, 5.74) is 0.725. The standard InChI is InChI=1S/C22H26FN3O3/c1-3-5-15(6-4-2)10-12-25-20-14-24-11-9-19(20)26(22(25)29)18-8-7-16(21(27)28)13-17(18)23/h7-9,11,13-15H,3-6,10,12H2,1-2H3,(H,27,28). The van der Waals surface area contributed by atoms with Gasteiger partial charge in [0.25, 0.3) is 0 Å². The highest BCUT2D eigenvalue weighted by Crippen LogP contribution is 2.23. The minimum absolute atomic E-state index is 0.0358. The Hall–Kier alpha value is -2.96. The van der Waals surface area contributed by atoms with Crippen LogP contribution in [0.1, 0.15) is 56.3 Å². The molecule has 0 aliphatic rings. The number of carbonyl (C=O) groups is 1. The van der Waals surface area contributed by atoms with Gasteiger partial charge in [-0.1, -0.05) is 39.5 Å². The fraction of sp³-hybridized carbons (Fsp3) is 0.409. The lowest BCUT2D eigenvalue weighted by Crippen LogP contribution is -2.25. The van der Waals surface area contributed by atoms with Crippen LogP contribution < -0.4 is 5.69 Å². The SMILES string of the molecule is CCCC(CCC)CCn1c(=O)n(-c2ccc(C(=O)O)cc2F)c2ccncc21. The third-order valence-corrected chi connectivity index (χ3v) is 5.32. The lowest BCUT2D eigenvalue weighted by Gasteiger charge is -2.15.